The maximum atomic E-state index is 3.51. The molecular formula is C12H28N2. The minimum atomic E-state index is 0.273. The van der Waals surface area contributed by atoms with Crippen molar-refractivity contribution in [2.45, 2.75) is 52.5 Å². The first-order valence-corrected chi connectivity index (χ1v) is 5.89. The van der Waals surface area contributed by atoms with Crippen LogP contribution in [0.5, 0.6) is 0 Å². The van der Waals surface area contributed by atoms with E-state index < -0.39 is 0 Å². The van der Waals surface area contributed by atoms with Gasteiger partial charge >= 0.3 is 0 Å². The molecule has 0 aliphatic heterocycles. The van der Waals surface area contributed by atoms with Crippen molar-refractivity contribution >= 4 is 0 Å². The summed E-state index contributed by atoms with van der Waals surface area (Å²) < 4.78 is 0. The van der Waals surface area contributed by atoms with Crippen LogP contribution in [0.25, 0.3) is 0 Å². The first-order chi connectivity index (χ1) is 6.45. The number of hydrogen-bond acceptors (Lipinski definition) is 2. The topological polar surface area (TPSA) is 15.3 Å². The van der Waals surface area contributed by atoms with Gasteiger partial charge in [-0.05, 0) is 66.7 Å². The number of hydrogen-bond donors (Lipinski definition) is 1. The molecule has 0 amide bonds. The highest BCUT2D eigenvalue weighted by molar-refractivity contribution is 4.69. The minimum absolute atomic E-state index is 0.273. The van der Waals surface area contributed by atoms with Crippen LogP contribution in [0.3, 0.4) is 0 Å². The number of nitrogens with zero attached hydrogens (tertiary/aromatic N) is 1. The highest BCUT2D eigenvalue weighted by Crippen LogP contribution is 1.99. The summed E-state index contributed by atoms with van der Waals surface area (Å²) in [6.07, 6.45) is 3.85. The number of nitrogens with one attached hydrogen (secondary N) is 1. The zero-order chi connectivity index (χ0) is 11.0. The normalized spacial score (nSPS) is 12.4. The van der Waals surface area contributed by atoms with Crippen LogP contribution in [0.2, 0.25) is 0 Å². The summed E-state index contributed by atoms with van der Waals surface area (Å²) in [4.78, 5) is 2.41. The lowest BCUT2D eigenvalue weighted by Crippen LogP contribution is -2.36. The molecule has 0 heterocycles. The SMILES string of the molecule is CCCN(C)CCCCNC(C)(C)C. The summed E-state index contributed by atoms with van der Waals surface area (Å²) in [5.74, 6) is 0. The zero-order valence-corrected chi connectivity index (χ0v) is 10.7. The van der Waals surface area contributed by atoms with Crippen LogP contribution >= 0.6 is 0 Å². The quantitative estimate of drug-likeness (QED) is 0.635. The van der Waals surface area contributed by atoms with Gasteiger partial charge in [0.15, 0.2) is 0 Å². The number of unbranched alkanes of at least 4 members (excludes halogenated alkanes) is 1. The van der Waals surface area contributed by atoms with E-state index in [0.29, 0.717) is 0 Å². The van der Waals surface area contributed by atoms with Gasteiger partial charge in [0, 0.05) is 5.54 Å². The third-order valence-electron chi connectivity index (χ3n) is 2.23. The van der Waals surface area contributed by atoms with Crippen LogP contribution in [0, 0.1) is 0 Å². The molecule has 14 heavy (non-hydrogen) atoms. The molecule has 86 valence electrons. The summed E-state index contributed by atoms with van der Waals surface area (Å²) in [5.41, 5.74) is 0.273. The van der Waals surface area contributed by atoms with Crippen molar-refractivity contribution in [3.8, 4) is 0 Å². The molecule has 0 spiro atoms. The lowest BCUT2D eigenvalue weighted by atomic mass is 10.1. The molecule has 0 aromatic heterocycles. The molecule has 0 aliphatic carbocycles. The third kappa shape index (κ3) is 10.0. The molecule has 0 unspecified atom stereocenters. The lowest BCUT2D eigenvalue weighted by molar-refractivity contribution is 0.321. The van der Waals surface area contributed by atoms with Crippen LogP contribution in [0.15, 0.2) is 0 Å². The van der Waals surface area contributed by atoms with Crippen LogP contribution in [-0.2, 0) is 0 Å². The van der Waals surface area contributed by atoms with E-state index in [1.54, 1.807) is 0 Å². The van der Waals surface area contributed by atoms with Gasteiger partial charge in [-0.2, -0.15) is 0 Å². The van der Waals surface area contributed by atoms with Crippen molar-refractivity contribution in [3.63, 3.8) is 0 Å². The van der Waals surface area contributed by atoms with Gasteiger partial charge in [0.05, 0.1) is 0 Å². The molecule has 0 aromatic carbocycles. The van der Waals surface area contributed by atoms with E-state index >= 15 is 0 Å². The molecule has 0 radical (unpaired) electrons. The van der Waals surface area contributed by atoms with Crippen molar-refractivity contribution in [2.24, 2.45) is 0 Å². The van der Waals surface area contributed by atoms with Gasteiger partial charge in [0.2, 0.25) is 0 Å². The maximum Gasteiger partial charge on any atom is 0.00965 e. The standard InChI is InChI=1S/C12H28N2/c1-6-10-14(5)11-8-7-9-13-12(2,3)4/h13H,6-11H2,1-5H3. The van der Waals surface area contributed by atoms with E-state index in [4.69, 9.17) is 0 Å². The first-order valence-electron chi connectivity index (χ1n) is 5.89. The van der Waals surface area contributed by atoms with Crippen LogP contribution in [0.1, 0.15) is 47.0 Å². The van der Waals surface area contributed by atoms with Crippen molar-refractivity contribution in [3.05, 3.63) is 0 Å². The summed E-state index contributed by atoms with van der Waals surface area (Å²) in [5, 5.41) is 3.51. The maximum absolute atomic E-state index is 3.51. The predicted octanol–water partition coefficient (Wildman–Crippen LogP) is 2.50. The Bertz CT molecular complexity index is 127. The molecule has 2 nitrogen and oxygen atoms in total. The van der Waals surface area contributed by atoms with Gasteiger partial charge in [-0.25, -0.2) is 0 Å². The Balaban J connectivity index is 3.21. The average Bonchev–Trinajstić information content (AvgIpc) is 2.02. The van der Waals surface area contributed by atoms with Gasteiger partial charge in [-0.3, -0.25) is 0 Å². The molecule has 0 aromatic rings. The fourth-order valence-corrected chi connectivity index (χ4v) is 1.46. The zero-order valence-electron chi connectivity index (χ0n) is 10.7. The van der Waals surface area contributed by atoms with Gasteiger partial charge in [-0.1, -0.05) is 6.92 Å². The van der Waals surface area contributed by atoms with E-state index in [1.807, 2.05) is 0 Å². The summed E-state index contributed by atoms with van der Waals surface area (Å²) >= 11 is 0. The largest absolute Gasteiger partial charge is 0.312 e. The molecule has 0 fully saturated rings. The van der Waals surface area contributed by atoms with Gasteiger partial charge in [0.25, 0.3) is 0 Å². The molecule has 0 bridgehead atoms. The van der Waals surface area contributed by atoms with E-state index in [2.05, 4.69) is 45.0 Å². The second kappa shape index (κ2) is 7.24. The van der Waals surface area contributed by atoms with Crippen LogP contribution in [-0.4, -0.2) is 37.1 Å². The van der Waals surface area contributed by atoms with E-state index in [9.17, 15) is 0 Å². The Morgan fingerprint density at radius 2 is 1.71 bits per heavy atom. The Hall–Kier alpha value is -0.0800. The summed E-state index contributed by atoms with van der Waals surface area (Å²) in [7, 11) is 2.21. The fraction of sp³-hybridized carbons (Fsp3) is 1.00. The van der Waals surface area contributed by atoms with Crippen LogP contribution in [0.4, 0.5) is 0 Å². The summed E-state index contributed by atoms with van der Waals surface area (Å²) in [6.45, 7) is 12.5. The third-order valence-corrected chi connectivity index (χ3v) is 2.23. The Labute approximate surface area is 90.1 Å². The van der Waals surface area contributed by atoms with Crippen LogP contribution < -0.4 is 5.32 Å². The Kier molecular flexibility index (Phi) is 7.20. The molecule has 0 aliphatic rings. The van der Waals surface area contributed by atoms with Gasteiger partial charge < -0.3 is 10.2 Å². The highest BCUT2D eigenvalue weighted by Gasteiger charge is 2.06. The molecule has 1 N–H and O–H groups in total. The predicted molar refractivity (Wildman–Crippen MR) is 64.8 cm³/mol. The first kappa shape index (κ1) is 13.9. The number of rotatable bonds is 7. The Morgan fingerprint density at radius 3 is 2.21 bits per heavy atom. The smallest absolute Gasteiger partial charge is 0.00965 e. The van der Waals surface area contributed by atoms with E-state index in [0.717, 1.165) is 6.54 Å². The van der Waals surface area contributed by atoms with Crippen molar-refractivity contribution < 1.29 is 0 Å². The minimum Gasteiger partial charge on any atom is -0.312 e. The molecule has 2 heteroatoms. The van der Waals surface area contributed by atoms with Gasteiger partial charge in [-0.15, -0.1) is 0 Å². The van der Waals surface area contributed by atoms with Crippen molar-refractivity contribution in [1.29, 1.82) is 0 Å². The second-order valence-electron chi connectivity index (χ2n) is 5.19. The average molecular weight is 200 g/mol. The van der Waals surface area contributed by atoms with Crippen molar-refractivity contribution in [1.82, 2.24) is 10.2 Å². The van der Waals surface area contributed by atoms with E-state index in [1.165, 1.54) is 32.4 Å². The molecule has 0 atom stereocenters. The molecule has 0 saturated carbocycles. The highest BCUT2D eigenvalue weighted by atomic mass is 15.1. The molecule has 0 saturated heterocycles. The van der Waals surface area contributed by atoms with Gasteiger partial charge in [0.1, 0.15) is 0 Å². The van der Waals surface area contributed by atoms with Crippen molar-refractivity contribution in [2.75, 3.05) is 26.7 Å². The summed E-state index contributed by atoms with van der Waals surface area (Å²) in [6, 6.07) is 0. The van der Waals surface area contributed by atoms with E-state index in [-0.39, 0.29) is 5.54 Å². The monoisotopic (exact) mass is 200 g/mol. The molecule has 0 rings (SSSR count). The second-order valence-corrected chi connectivity index (χ2v) is 5.19. The Morgan fingerprint density at radius 1 is 1.07 bits per heavy atom. The fourth-order valence-electron chi connectivity index (χ4n) is 1.46. The molecular weight excluding hydrogens is 172 g/mol. The lowest BCUT2D eigenvalue weighted by Gasteiger charge is -2.21.